The Morgan fingerprint density at radius 2 is 1.82 bits per heavy atom. The third-order valence-corrected chi connectivity index (χ3v) is 3.23. The standard InChI is InChI=1S/C10H7NO5S/c12-8-5-6-3-1-2-4-7(6)10(9(8)11-13)17(14,15)16/h1-5,12H,(H,14,15,16). The number of fused-ring (bicyclic) bond motifs is 1. The lowest BCUT2D eigenvalue weighted by Crippen LogP contribution is -2.00. The van der Waals surface area contributed by atoms with E-state index in [1.54, 1.807) is 12.1 Å². The second-order valence-corrected chi connectivity index (χ2v) is 4.72. The van der Waals surface area contributed by atoms with E-state index in [4.69, 9.17) is 4.55 Å². The van der Waals surface area contributed by atoms with Crippen LogP contribution in [0.3, 0.4) is 0 Å². The van der Waals surface area contributed by atoms with Gasteiger partial charge in [0.2, 0.25) is 0 Å². The fourth-order valence-corrected chi connectivity index (χ4v) is 2.49. The highest BCUT2D eigenvalue weighted by atomic mass is 32.2. The number of aromatic hydroxyl groups is 1. The van der Waals surface area contributed by atoms with Crippen LogP contribution in [0.2, 0.25) is 0 Å². The summed E-state index contributed by atoms with van der Waals surface area (Å²) in [5.74, 6) is -0.591. The molecule has 0 unspecified atom stereocenters. The minimum absolute atomic E-state index is 0.127. The molecule has 2 rings (SSSR count). The summed E-state index contributed by atoms with van der Waals surface area (Å²) in [6.45, 7) is 0. The minimum atomic E-state index is -4.65. The predicted octanol–water partition coefficient (Wildman–Crippen LogP) is 2.19. The number of nitroso groups, excluding NO2 is 1. The van der Waals surface area contributed by atoms with E-state index in [-0.39, 0.29) is 5.39 Å². The lowest BCUT2D eigenvalue weighted by atomic mass is 10.1. The van der Waals surface area contributed by atoms with Gasteiger partial charge in [-0.25, -0.2) is 0 Å². The average Bonchev–Trinajstić information content (AvgIpc) is 2.25. The van der Waals surface area contributed by atoms with Crippen molar-refractivity contribution in [3.63, 3.8) is 0 Å². The van der Waals surface area contributed by atoms with Crippen molar-refractivity contribution >= 4 is 26.6 Å². The van der Waals surface area contributed by atoms with Gasteiger partial charge in [0.25, 0.3) is 10.1 Å². The normalized spacial score (nSPS) is 11.6. The van der Waals surface area contributed by atoms with E-state index in [1.807, 2.05) is 0 Å². The first-order valence-corrected chi connectivity index (χ1v) is 5.94. The lowest BCUT2D eigenvalue weighted by Gasteiger charge is -2.07. The molecule has 2 N–H and O–H groups in total. The Hall–Kier alpha value is -1.99. The Balaban J connectivity index is 3.08. The molecule has 0 heterocycles. The zero-order valence-electron chi connectivity index (χ0n) is 8.36. The van der Waals surface area contributed by atoms with Crippen LogP contribution in [0, 0.1) is 4.91 Å². The molecule has 0 saturated heterocycles. The number of hydrogen-bond acceptors (Lipinski definition) is 5. The molecule has 6 nitrogen and oxygen atoms in total. The fourth-order valence-electron chi connectivity index (χ4n) is 1.64. The molecule has 0 aliphatic heterocycles. The SMILES string of the molecule is O=Nc1c(O)cc2ccccc2c1S(=O)(=O)O. The van der Waals surface area contributed by atoms with Crippen LogP contribution in [0.15, 0.2) is 40.4 Å². The van der Waals surface area contributed by atoms with E-state index < -0.39 is 26.5 Å². The van der Waals surface area contributed by atoms with E-state index in [9.17, 15) is 18.4 Å². The third kappa shape index (κ3) is 1.85. The summed E-state index contributed by atoms with van der Waals surface area (Å²) in [5, 5.41) is 12.4. The van der Waals surface area contributed by atoms with Crippen molar-refractivity contribution in [1.82, 2.24) is 0 Å². The number of phenols is 1. The van der Waals surface area contributed by atoms with Crippen LogP contribution in [0.5, 0.6) is 5.75 Å². The molecule has 2 aromatic rings. The molecule has 17 heavy (non-hydrogen) atoms. The summed E-state index contributed by atoms with van der Waals surface area (Å²) in [4.78, 5) is 9.88. The summed E-state index contributed by atoms with van der Waals surface area (Å²) in [6, 6.07) is 7.33. The van der Waals surface area contributed by atoms with Crippen molar-refractivity contribution in [3.05, 3.63) is 35.2 Å². The highest BCUT2D eigenvalue weighted by Crippen LogP contribution is 2.39. The molecule has 0 saturated carbocycles. The zero-order valence-corrected chi connectivity index (χ0v) is 9.18. The largest absolute Gasteiger partial charge is 0.505 e. The van der Waals surface area contributed by atoms with Gasteiger partial charge in [-0.15, -0.1) is 4.91 Å². The maximum atomic E-state index is 11.2. The zero-order chi connectivity index (χ0) is 12.6. The van der Waals surface area contributed by atoms with Crippen LogP contribution in [-0.2, 0) is 10.1 Å². The molecule has 0 fully saturated rings. The van der Waals surface area contributed by atoms with Crippen molar-refractivity contribution in [3.8, 4) is 5.75 Å². The second-order valence-electron chi connectivity index (χ2n) is 3.36. The number of hydrogen-bond donors (Lipinski definition) is 2. The first kappa shape index (κ1) is 11.5. The summed E-state index contributed by atoms with van der Waals surface area (Å²) < 4.78 is 31.5. The third-order valence-electron chi connectivity index (χ3n) is 2.30. The van der Waals surface area contributed by atoms with Gasteiger partial charge in [0.05, 0.1) is 0 Å². The molecule has 2 aromatic carbocycles. The maximum Gasteiger partial charge on any atom is 0.297 e. The number of benzene rings is 2. The summed E-state index contributed by atoms with van der Waals surface area (Å²) >= 11 is 0. The van der Waals surface area contributed by atoms with Gasteiger partial charge in [-0.1, -0.05) is 24.3 Å². The number of phenolic OH excluding ortho intramolecular Hbond substituents is 1. The number of rotatable bonds is 2. The maximum absolute atomic E-state index is 11.2. The van der Waals surface area contributed by atoms with Gasteiger partial charge in [0.1, 0.15) is 10.6 Å². The molecule has 0 spiro atoms. The van der Waals surface area contributed by atoms with Crippen molar-refractivity contribution < 1.29 is 18.1 Å². The Morgan fingerprint density at radius 3 is 2.41 bits per heavy atom. The van der Waals surface area contributed by atoms with Crippen LogP contribution in [-0.4, -0.2) is 18.1 Å². The Labute approximate surface area is 96.2 Å². The predicted molar refractivity (Wildman–Crippen MR) is 60.9 cm³/mol. The molecule has 0 bridgehead atoms. The first-order chi connectivity index (χ1) is 7.95. The molecule has 88 valence electrons. The van der Waals surface area contributed by atoms with Crippen LogP contribution in [0.1, 0.15) is 0 Å². The van der Waals surface area contributed by atoms with Gasteiger partial charge in [-0.05, 0) is 16.6 Å². The molecule has 0 aliphatic rings. The van der Waals surface area contributed by atoms with Gasteiger partial charge < -0.3 is 5.11 Å². The molecular weight excluding hydrogens is 246 g/mol. The van der Waals surface area contributed by atoms with E-state index in [1.165, 1.54) is 18.2 Å². The molecule has 0 amide bonds. The first-order valence-electron chi connectivity index (χ1n) is 4.50. The van der Waals surface area contributed by atoms with Gasteiger partial charge in [-0.3, -0.25) is 4.55 Å². The highest BCUT2D eigenvalue weighted by molar-refractivity contribution is 7.86. The quantitative estimate of drug-likeness (QED) is 0.630. The van der Waals surface area contributed by atoms with Gasteiger partial charge in [-0.2, -0.15) is 8.42 Å². The van der Waals surface area contributed by atoms with Crippen LogP contribution >= 0.6 is 0 Å². The average molecular weight is 253 g/mol. The van der Waals surface area contributed by atoms with Crippen LogP contribution < -0.4 is 0 Å². The minimum Gasteiger partial charge on any atom is -0.505 e. The topological polar surface area (TPSA) is 104 Å². The Morgan fingerprint density at radius 1 is 1.18 bits per heavy atom. The molecule has 0 aromatic heterocycles. The molecule has 0 aliphatic carbocycles. The van der Waals surface area contributed by atoms with E-state index in [0.717, 1.165) is 0 Å². The monoisotopic (exact) mass is 253 g/mol. The van der Waals surface area contributed by atoms with Crippen LogP contribution in [0.4, 0.5) is 5.69 Å². The van der Waals surface area contributed by atoms with Gasteiger partial charge >= 0.3 is 0 Å². The smallest absolute Gasteiger partial charge is 0.297 e. The number of nitrogens with zero attached hydrogens (tertiary/aromatic N) is 1. The summed E-state index contributed by atoms with van der Waals surface area (Å²) in [6.07, 6.45) is 0. The van der Waals surface area contributed by atoms with Gasteiger partial charge in [0, 0.05) is 5.39 Å². The van der Waals surface area contributed by atoms with Crippen molar-refractivity contribution in [2.75, 3.05) is 0 Å². The fraction of sp³-hybridized carbons (Fsp3) is 0. The highest BCUT2D eigenvalue weighted by Gasteiger charge is 2.23. The summed E-state index contributed by atoms with van der Waals surface area (Å²) in [5.41, 5.74) is -0.689. The van der Waals surface area contributed by atoms with Crippen molar-refractivity contribution in [2.24, 2.45) is 5.18 Å². The molecule has 0 radical (unpaired) electrons. The summed E-state index contributed by atoms with van der Waals surface area (Å²) in [7, 11) is -4.65. The van der Waals surface area contributed by atoms with Gasteiger partial charge in [0.15, 0.2) is 5.69 Å². The van der Waals surface area contributed by atoms with E-state index in [2.05, 4.69) is 5.18 Å². The molecule has 7 heteroatoms. The van der Waals surface area contributed by atoms with Crippen molar-refractivity contribution in [2.45, 2.75) is 4.90 Å². The van der Waals surface area contributed by atoms with Crippen molar-refractivity contribution in [1.29, 1.82) is 0 Å². The molecule has 0 atom stereocenters. The van der Waals surface area contributed by atoms with Crippen LogP contribution in [0.25, 0.3) is 10.8 Å². The second kappa shape index (κ2) is 3.79. The Kier molecular flexibility index (Phi) is 2.56. The molecular formula is C10H7NO5S. The lowest BCUT2D eigenvalue weighted by molar-refractivity contribution is 0.469. The van der Waals surface area contributed by atoms with E-state index >= 15 is 0 Å². The van der Waals surface area contributed by atoms with E-state index in [0.29, 0.717) is 5.39 Å². The Bertz CT molecular complexity index is 708.